The van der Waals surface area contributed by atoms with E-state index in [0.29, 0.717) is 5.02 Å². The fraction of sp³-hybridized carbons (Fsp3) is 0.500. The summed E-state index contributed by atoms with van der Waals surface area (Å²) in [4.78, 5) is 12.8. The van der Waals surface area contributed by atoms with Gasteiger partial charge < -0.3 is 5.32 Å². The van der Waals surface area contributed by atoms with E-state index in [2.05, 4.69) is 21.2 Å². The smallest absolute Gasteiger partial charge is 0.177 e. The van der Waals surface area contributed by atoms with Gasteiger partial charge >= 0.3 is 0 Å². The van der Waals surface area contributed by atoms with Crippen LogP contribution in [0.5, 0.6) is 0 Å². The van der Waals surface area contributed by atoms with Gasteiger partial charge in [0.05, 0.1) is 13.7 Å². The predicted molar refractivity (Wildman–Crippen MR) is 67.0 cm³/mol. The van der Waals surface area contributed by atoms with E-state index in [-0.39, 0.29) is 11.7 Å². The van der Waals surface area contributed by atoms with Crippen LogP contribution in [0.2, 0.25) is 5.02 Å². The molecule has 0 aromatic carbocycles. The third-order valence-electron chi connectivity index (χ3n) is 2.56. The van der Waals surface area contributed by atoms with Crippen molar-refractivity contribution in [3.63, 3.8) is 0 Å². The Kier molecular flexibility index (Phi) is 3.83. The molecule has 1 unspecified atom stereocenters. The van der Waals surface area contributed by atoms with E-state index in [1.165, 1.54) is 11.3 Å². The summed E-state index contributed by atoms with van der Waals surface area (Å²) < 4.78 is 0.844. The lowest BCUT2D eigenvalue weighted by Gasteiger charge is -2.20. The van der Waals surface area contributed by atoms with Crippen LogP contribution in [0, 0.1) is 5.92 Å². The number of nitrogens with one attached hydrogen (secondary N) is 1. The number of carbonyl (C=O) groups excluding carboxylic acids is 1. The second-order valence-corrected chi connectivity index (χ2v) is 6.42. The molecule has 15 heavy (non-hydrogen) atoms. The van der Waals surface area contributed by atoms with Crippen LogP contribution in [0.15, 0.2) is 9.85 Å². The summed E-state index contributed by atoms with van der Waals surface area (Å²) in [6, 6.07) is 1.76. The zero-order valence-electron chi connectivity index (χ0n) is 8.06. The lowest BCUT2D eigenvalue weighted by molar-refractivity contribution is 0.0904. The molecule has 1 aliphatic rings. The van der Waals surface area contributed by atoms with E-state index < -0.39 is 0 Å². The number of Topliss-reactive ketones (excluding diaryl/α,β-unsaturated/α-hetero) is 1. The number of rotatable bonds is 2. The maximum Gasteiger partial charge on any atom is 0.177 e. The molecule has 82 valence electrons. The third kappa shape index (κ3) is 2.61. The van der Waals surface area contributed by atoms with Gasteiger partial charge in [0.25, 0.3) is 0 Å². The Labute approximate surface area is 106 Å². The summed E-state index contributed by atoms with van der Waals surface area (Å²) in [5.41, 5.74) is 0. The fourth-order valence-electron chi connectivity index (χ4n) is 1.74. The first-order valence-corrected chi connectivity index (χ1v) is 6.87. The van der Waals surface area contributed by atoms with E-state index in [4.69, 9.17) is 11.6 Å². The average molecular weight is 309 g/mol. The standard InChI is InChI=1S/C10H11BrClNOS/c11-10-7(12)4-8(15-10)9(14)6-2-1-3-13-5-6/h4,6,13H,1-3,5H2. The van der Waals surface area contributed by atoms with Crippen molar-refractivity contribution in [2.45, 2.75) is 12.8 Å². The second-order valence-electron chi connectivity index (χ2n) is 3.64. The van der Waals surface area contributed by atoms with E-state index in [1.54, 1.807) is 6.07 Å². The lowest BCUT2D eigenvalue weighted by Crippen LogP contribution is -2.34. The minimum Gasteiger partial charge on any atom is -0.316 e. The largest absolute Gasteiger partial charge is 0.316 e. The van der Waals surface area contributed by atoms with Crippen molar-refractivity contribution in [1.82, 2.24) is 5.32 Å². The van der Waals surface area contributed by atoms with Gasteiger partial charge in [0.1, 0.15) is 0 Å². The van der Waals surface area contributed by atoms with Gasteiger partial charge in [-0.3, -0.25) is 4.79 Å². The average Bonchev–Trinajstić information content (AvgIpc) is 2.59. The molecule has 1 N–H and O–H groups in total. The summed E-state index contributed by atoms with van der Waals surface area (Å²) in [6.07, 6.45) is 2.07. The Bertz CT molecular complexity index is 354. The van der Waals surface area contributed by atoms with E-state index in [9.17, 15) is 4.79 Å². The van der Waals surface area contributed by atoms with Crippen LogP contribution in [0.25, 0.3) is 0 Å². The minimum absolute atomic E-state index is 0.125. The predicted octanol–water partition coefficient (Wildman–Crippen LogP) is 3.35. The first-order valence-electron chi connectivity index (χ1n) is 4.88. The minimum atomic E-state index is 0.125. The van der Waals surface area contributed by atoms with Crippen molar-refractivity contribution >= 4 is 44.7 Å². The molecule has 0 bridgehead atoms. The Balaban J connectivity index is 2.12. The lowest BCUT2D eigenvalue weighted by atomic mass is 9.94. The Hall–Kier alpha value is 0.1000. The number of halogens is 2. The van der Waals surface area contributed by atoms with Gasteiger partial charge in [-0.15, -0.1) is 11.3 Å². The topological polar surface area (TPSA) is 29.1 Å². The van der Waals surface area contributed by atoms with Gasteiger partial charge in [-0.05, 0) is 41.4 Å². The molecule has 1 saturated heterocycles. The Morgan fingerprint density at radius 1 is 1.67 bits per heavy atom. The van der Waals surface area contributed by atoms with Crippen molar-refractivity contribution in [3.8, 4) is 0 Å². The monoisotopic (exact) mass is 307 g/mol. The molecule has 1 aromatic heterocycles. The van der Waals surface area contributed by atoms with Crippen LogP contribution in [-0.2, 0) is 0 Å². The maximum atomic E-state index is 12.1. The number of hydrogen-bond donors (Lipinski definition) is 1. The SMILES string of the molecule is O=C(c1cc(Cl)c(Br)s1)C1CCCNC1. The zero-order valence-corrected chi connectivity index (χ0v) is 11.2. The van der Waals surface area contributed by atoms with Gasteiger partial charge in [-0.25, -0.2) is 0 Å². The highest BCUT2D eigenvalue weighted by atomic mass is 79.9. The van der Waals surface area contributed by atoms with Crippen LogP contribution in [0.1, 0.15) is 22.5 Å². The number of carbonyl (C=O) groups is 1. The van der Waals surface area contributed by atoms with Crippen molar-refractivity contribution < 1.29 is 4.79 Å². The molecule has 1 aromatic rings. The van der Waals surface area contributed by atoms with Gasteiger partial charge in [0.15, 0.2) is 5.78 Å². The molecule has 2 heterocycles. The summed E-state index contributed by atoms with van der Waals surface area (Å²) >= 11 is 10.7. The normalized spacial score (nSPS) is 21.6. The van der Waals surface area contributed by atoms with Gasteiger partial charge in [0.2, 0.25) is 0 Å². The van der Waals surface area contributed by atoms with Crippen LogP contribution in [0.4, 0.5) is 0 Å². The van der Waals surface area contributed by atoms with E-state index in [0.717, 1.165) is 34.6 Å². The van der Waals surface area contributed by atoms with Crippen LogP contribution in [-0.4, -0.2) is 18.9 Å². The molecule has 0 amide bonds. The molecule has 0 saturated carbocycles. The van der Waals surface area contributed by atoms with Crippen LogP contribution < -0.4 is 5.32 Å². The summed E-state index contributed by atoms with van der Waals surface area (Å²) in [5, 5.41) is 3.88. The first-order chi connectivity index (χ1) is 7.18. The number of ketones is 1. The van der Waals surface area contributed by atoms with Gasteiger partial charge in [0, 0.05) is 12.5 Å². The van der Waals surface area contributed by atoms with Crippen molar-refractivity contribution in [1.29, 1.82) is 0 Å². The van der Waals surface area contributed by atoms with Crippen molar-refractivity contribution in [3.05, 3.63) is 19.8 Å². The molecular formula is C10H11BrClNOS. The van der Waals surface area contributed by atoms with E-state index in [1.807, 2.05) is 0 Å². The zero-order chi connectivity index (χ0) is 10.8. The Morgan fingerprint density at radius 2 is 2.47 bits per heavy atom. The summed E-state index contributed by atoms with van der Waals surface area (Å²) in [5.74, 6) is 0.347. The molecular weight excluding hydrogens is 298 g/mol. The van der Waals surface area contributed by atoms with Crippen molar-refractivity contribution in [2.24, 2.45) is 5.92 Å². The molecule has 0 radical (unpaired) electrons. The molecule has 0 aliphatic carbocycles. The van der Waals surface area contributed by atoms with Gasteiger partial charge in [-0.1, -0.05) is 11.6 Å². The number of thiophene rings is 1. The molecule has 2 nitrogen and oxygen atoms in total. The molecule has 2 rings (SSSR count). The number of piperidine rings is 1. The van der Waals surface area contributed by atoms with Crippen LogP contribution >= 0.6 is 38.9 Å². The summed E-state index contributed by atoms with van der Waals surface area (Å²) in [7, 11) is 0. The molecule has 1 fully saturated rings. The highest BCUT2D eigenvalue weighted by Gasteiger charge is 2.24. The Morgan fingerprint density at radius 3 is 3.00 bits per heavy atom. The first kappa shape index (κ1) is 11.6. The van der Waals surface area contributed by atoms with E-state index >= 15 is 0 Å². The van der Waals surface area contributed by atoms with Crippen LogP contribution in [0.3, 0.4) is 0 Å². The maximum absolute atomic E-state index is 12.1. The summed E-state index contributed by atoms with van der Waals surface area (Å²) in [6.45, 7) is 1.82. The molecule has 5 heteroatoms. The highest BCUT2D eigenvalue weighted by Crippen LogP contribution is 2.33. The van der Waals surface area contributed by atoms with Gasteiger partial charge in [-0.2, -0.15) is 0 Å². The fourth-order valence-corrected chi connectivity index (χ4v) is 3.47. The third-order valence-corrected chi connectivity index (χ3v) is 5.04. The highest BCUT2D eigenvalue weighted by molar-refractivity contribution is 9.11. The second kappa shape index (κ2) is 4.95. The molecule has 1 aliphatic heterocycles. The number of hydrogen-bond acceptors (Lipinski definition) is 3. The quantitative estimate of drug-likeness (QED) is 0.849. The molecule has 1 atom stereocenters. The molecule has 0 spiro atoms. The van der Waals surface area contributed by atoms with Crippen molar-refractivity contribution in [2.75, 3.05) is 13.1 Å².